The zero-order chi connectivity index (χ0) is 9.14. The number of hydrogen-bond donors (Lipinski definition) is 1. The van der Waals surface area contributed by atoms with Crippen molar-refractivity contribution in [3.8, 4) is 0 Å². The minimum atomic E-state index is -1.93. The van der Waals surface area contributed by atoms with Crippen LogP contribution in [0.3, 0.4) is 0 Å². The molecular formula is C8H11NO2S. The zero-order valence-electron chi connectivity index (χ0n) is 7.02. The van der Waals surface area contributed by atoms with E-state index in [0.717, 1.165) is 11.3 Å². The fraction of sp³-hybridized carbons (Fsp3) is 0.250. The molecule has 0 heterocycles. The van der Waals surface area contributed by atoms with E-state index >= 15 is 0 Å². The summed E-state index contributed by atoms with van der Waals surface area (Å²) in [6.45, 7) is 1.97. The highest BCUT2D eigenvalue weighted by atomic mass is 32.2. The SMILES string of the molecule is Cc1ccc(N(C)S(=O)O)cc1. The summed E-state index contributed by atoms with van der Waals surface area (Å²) in [5.41, 5.74) is 1.87. The van der Waals surface area contributed by atoms with Gasteiger partial charge in [0.05, 0.1) is 5.69 Å². The Hall–Kier alpha value is -0.870. The molecule has 0 aromatic heterocycles. The van der Waals surface area contributed by atoms with Gasteiger partial charge in [-0.1, -0.05) is 17.7 Å². The number of hydrogen-bond acceptors (Lipinski definition) is 1. The third-order valence-corrected chi connectivity index (χ3v) is 2.31. The average Bonchev–Trinajstić information content (AvgIpc) is 2.04. The second-order valence-corrected chi connectivity index (χ2v) is 3.57. The molecule has 4 heteroatoms. The summed E-state index contributed by atoms with van der Waals surface area (Å²) in [5, 5.41) is 0. The molecule has 66 valence electrons. The Morgan fingerprint density at radius 1 is 1.33 bits per heavy atom. The lowest BCUT2D eigenvalue weighted by Gasteiger charge is -2.13. The van der Waals surface area contributed by atoms with Gasteiger partial charge in [0.15, 0.2) is 0 Å². The van der Waals surface area contributed by atoms with Crippen molar-refractivity contribution in [3.63, 3.8) is 0 Å². The molecule has 3 nitrogen and oxygen atoms in total. The molecule has 0 aliphatic rings. The van der Waals surface area contributed by atoms with E-state index in [4.69, 9.17) is 4.55 Å². The quantitative estimate of drug-likeness (QED) is 0.710. The molecule has 12 heavy (non-hydrogen) atoms. The van der Waals surface area contributed by atoms with Crippen molar-refractivity contribution in [1.29, 1.82) is 0 Å². The molecule has 1 N–H and O–H groups in total. The van der Waals surface area contributed by atoms with E-state index in [1.807, 2.05) is 31.2 Å². The Labute approximate surface area is 74.4 Å². The Kier molecular flexibility index (Phi) is 2.83. The number of anilines is 1. The van der Waals surface area contributed by atoms with Crippen molar-refractivity contribution in [1.82, 2.24) is 0 Å². The van der Waals surface area contributed by atoms with Crippen LogP contribution in [0.4, 0.5) is 5.69 Å². The monoisotopic (exact) mass is 185 g/mol. The lowest BCUT2D eigenvalue weighted by atomic mass is 10.2. The average molecular weight is 185 g/mol. The maximum Gasteiger partial charge on any atom is 0.261 e. The number of nitrogens with zero attached hydrogens (tertiary/aromatic N) is 1. The molecule has 0 aliphatic heterocycles. The van der Waals surface area contributed by atoms with E-state index in [9.17, 15) is 4.21 Å². The van der Waals surface area contributed by atoms with Gasteiger partial charge in [0, 0.05) is 7.05 Å². The summed E-state index contributed by atoms with van der Waals surface area (Å²) in [6.07, 6.45) is 0. The molecule has 0 bridgehead atoms. The minimum Gasteiger partial charge on any atom is -0.289 e. The number of aryl methyl sites for hydroxylation is 1. The highest BCUT2D eigenvalue weighted by Gasteiger charge is 2.03. The minimum absolute atomic E-state index is 0.737. The van der Waals surface area contributed by atoms with Gasteiger partial charge in [-0.15, -0.1) is 0 Å². The largest absolute Gasteiger partial charge is 0.289 e. The second-order valence-electron chi connectivity index (χ2n) is 2.56. The normalized spacial score (nSPS) is 12.6. The van der Waals surface area contributed by atoms with Crippen LogP contribution in [0.1, 0.15) is 5.56 Å². The topological polar surface area (TPSA) is 40.5 Å². The van der Waals surface area contributed by atoms with Gasteiger partial charge in [-0.3, -0.25) is 8.86 Å². The third-order valence-electron chi connectivity index (χ3n) is 1.63. The predicted molar refractivity (Wildman–Crippen MR) is 50.4 cm³/mol. The molecule has 1 rings (SSSR count). The molecule has 0 fully saturated rings. The fourth-order valence-electron chi connectivity index (χ4n) is 0.845. The highest BCUT2D eigenvalue weighted by Crippen LogP contribution is 2.13. The predicted octanol–water partition coefficient (Wildman–Crippen LogP) is 1.57. The van der Waals surface area contributed by atoms with Crippen LogP contribution in [0.2, 0.25) is 0 Å². The van der Waals surface area contributed by atoms with Crippen molar-refractivity contribution in [2.75, 3.05) is 11.4 Å². The van der Waals surface area contributed by atoms with Gasteiger partial charge in [0.1, 0.15) is 0 Å². The first kappa shape index (κ1) is 9.22. The Morgan fingerprint density at radius 2 is 1.83 bits per heavy atom. The summed E-state index contributed by atoms with van der Waals surface area (Å²) in [7, 11) is 1.57. The molecule has 1 aromatic rings. The molecule has 1 atom stereocenters. The summed E-state index contributed by atoms with van der Waals surface area (Å²) in [5.74, 6) is 0. The van der Waals surface area contributed by atoms with Crippen molar-refractivity contribution in [2.24, 2.45) is 0 Å². The number of benzene rings is 1. The van der Waals surface area contributed by atoms with Crippen LogP contribution < -0.4 is 4.31 Å². The summed E-state index contributed by atoms with van der Waals surface area (Å²) < 4.78 is 20.7. The highest BCUT2D eigenvalue weighted by molar-refractivity contribution is 7.80. The molecule has 0 spiro atoms. The van der Waals surface area contributed by atoms with Gasteiger partial charge >= 0.3 is 0 Å². The van der Waals surface area contributed by atoms with E-state index in [-0.39, 0.29) is 0 Å². The van der Waals surface area contributed by atoms with Gasteiger partial charge < -0.3 is 0 Å². The summed E-state index contributed by atoms with van der Waals surface area (Å²) in [4.78, 5) is 0. The molecule has 1 aromatic carbocycles. The van der Waals surface area contributed by atoms with Crippen LogP contribution in [0.15, 0.2) is 24.3 Å². The molecule has 0 radical (unpaired) electrons. The Morgan fingerprint density at radius 3 is 2.25 bits per heavy atom. The van der Waals surface area contributed by atoms with Gasteiger partial charge in [0.2, 0.25) is 0 Å². The van der Waals surface area contributed by atoms with Crippen molar-refractivity contribution >= 4 is 17.0 Å². The van der Waals surface area contributed by atoms with Crippen molar-refractivity contribution in [3.05, 3.63) is 29.8 Å². The van der Waals surface area contributed by atoms with E-state index in [2.05, 4.69) is 0 Å². The van der Waals surface area contributed by atoms with Gasteiger partial charge in [-0.05, 0) is 19.1 Å². The van der Waals surface area contributed by atoms with E-state index in [1.54, 1.807) is 7.05 Å². The molecule has 0 saturated carbocycles. The lowest BCUT2D eigenvalue weighted by Crippen LogP contribution is -2.18. The van der Waals surface area contributed by atoms with Crippen LogP contribution in [-0.4, -0.2) is 15.8 Å². The van der Waals surface area contributed by atoms with Crippen LogP contribution in [0, 0.1) is 6.92 Å². The van der Waals surface area contributed by atoms with Gasteiger partial charge in [-0.25, -0.2) is 4.21 Å². The standard InChI is InChI=1S/C8H11NO2S/c1-7-3-5-8(6-4-7)9(2)12(10)11/h3-6H,1-2H3,(H,10,11). The fourth-order valence-corrected chi connectivity index (χ4v) is 1.15. The summed E-state index contributed by atoms with van der Waals surface area (Å²) >= 11 is -1.93. The van der Waals surface area contributed by atoms with Crippen LogP contribution in [0.25, 0.3) is 0 Å². The molecule has 0 amide bonds. The maximum absolute atomic E-state index is 10.6. The molecule has 0 saturated heterocycles. The van der Waals surface area contributed by atoms with Crippen molar-refractivity contribution in [2.45, 2.75) is 6.92 Å². The van der Waals surface area contributed by atoms with Gasteiger partial charge in [0.25, 0.3) is 11.3 Å². The second kappa shape index (κ2) is 3.69. The van der Waals surface area contributed by atoms with E-state index < -0.39 is 11.3 Å². The van der Waals surface area contributed by atoms with Crippen LogP contribution in [0.5, 0.6) is 0 Å². The first-order valence-corrected chi connectivity index (χ1v) is 4.59. The number of rotatable bonds is 2. The third kappa shape index (κ3) is 2.06. The summed E-state index contributed by atoms with van der Waals surface area (Å²) in [6, 6.07) is 7.42. The lowest BCUT2D eigenvalue weighted by molar-refractivity contribution is 0.562. The van der Waals surface area contributed by atoms with Crippen molar-refractivity contribution < 1.29 is 8.76 Å². The maximum atomic E-state index is 10.6. The van der Waals surface area contributed by atoms with Crippen LogP contribution >= 0.6 is 0 Å². The van der Waals surface area contributed by atoms with Gasteiger partial charge in [-0.2, -0.15) is 0 Å². The first-order valence-electron chi connectivity index (χ1n) is 3.52. The van der Waals surface area contributed by atoms with E-state index in [1.165, 1.54) is 4.31 Å². The smallest absolute Gasteiger partial charge is 0.261 e. The first-order chi connectivity index (χ1) is 5.61. The molecular weight excluding hydrogens is 174 g/mol. The molecule has 1 unspecified atom stereocenters. The van der Waals surface area contributed by atoms with Crippen LogP contribution in [-0.2, 0) is 11.3 Å². The van der Waals surface area contributed by atoms with E-state index in [0.29, 0.717) is 0 Å². The Balaban J connectivity index is 2.89. The zero-order valence-corrected chi connectivity index (χ0v) is 7.84. The Bertz CT molecular complexity index is 284. The molecule has 0 aliphatic carbocycles.